The second-order valence-corrected chi connectivity index (χ2v) is 12.9. The zero-order valence-electron chi connectivity index (χ0n) is 25.6. The Morgan fingerprint density at radius 2 is 1.86 bits per heavy atom. The number of sulfonamides is 1. The van der Waals surface area contributed by atoms with Gasteiger partial charge in [0.25, 0.3) is 5.91 Å². The van der Waals surface area contributed by atoms with Gasteiger partial charge in [-0.2, -0.15) is 5.10 Å². The number of benzene rings is 2. The third kappa shape index (κ3) is 8.10. The van der Waals surface area contributed by atoms with Crippen LogP contribution in [0.1, 0.15) is 70.2 Å². The fourth-order valence-corrected chi connectivity index (χ4v) is 6.07. The Kier molecular flexibility index (Phi) is 10.9. The van der Waals surface area contributed by atoms with Crippen LogP contribution in [0.5, 0.6) is 0 Å². The Morgan fingerprint density at radius 3 is 2.59 bits per heavy atom. The maximum atomic E-state index is 15.1. The molecule has 2 heterocycles. The molecule has 44 heavy (non-hydrogen) atoms. The molecule has 0 aliphatic heterocycles. The van der Waals surface area contributed by atoms with Crippen LogP contribution in [0.25, 0.3) is 16.9 Å². The SMILES string of the molecule is CCCN(CCCC(C)CC)c1cccc(-c2cc3ncc(NC(=O)c4c(F)ccc(NS(=O)(=O)CCC)c4F)cn3n2)c1. The van der Waals surface area contributed by atoms with Crippen molar-refractivity contribution in [3.63, 3.8) is 0 Å². The van der Waals surface area contributed by atoms with E-state index in [1.807, 2.05) is 18.2 Å². The first-order chi connectivity index (χ1) is 21.0. The van der Waals surface area contributed by atoms with E-state index in [4.69, 9.17) is 0 Å². The first-order valence-electron chi connectivity index (χ1n) is 15.1. The molecule has 0 fully saturated rings. The lowest BCUT2D eigenvalue weighted by Crippen LogP contribution is -2.25. The fourth-order valence-electron chi connectivity index (χ4n) is 4.94. The third-order valence-corrected chi connectivity index (χ3v) is 8.93. The predicted octanol–water partition coefficient (Wildman–Crippen LogP) is 7.12. The van der Waals surface area contributed by atoms with Gasteiger partial charge in [0, 0.05) is 30.4 Å². The summed E-state index contributed by atoms with van der Waals surface area (Å²) in [5, 5.41) is 7.07. The van der Waals surface area contributed by atoms with E-state index in [0.29, 0.717) is 23.7 Å². The molecule has 9 nitrogen and oxygen atoms in total. The summed E-state index contributed by atoms with van der Waals surface area (Å²) in [5.74, 6) is -3.08. The normalized spacial score (nSPS) is 12.3. The molecule has 236 valence electrons. The van der Waals surface area contributed by atoms with Crippen molar-refractivity contribution in [2.45, 2.75) is 59.8 Å². The summed E-state index contributed by atoms with van der Waals surface area (Å²) in [7, 11) is -3.85. The summed E-state index contributed by atoms with van der Waals surface area (Å²) in [5.41, 5.74) is 1.96. The lowest BCUT2D eigenvalue weighted by molar-refractivity contribution is 0.101. The number of carbonyl (C=O) groups is 1. The first kappa shape index (κ1) is 32.8. The van der Waals surface area contributed by atoms with E-state index in [1.165, 1.54) is 29.8 Å². The van der Waals surface area contributed by atoms with Gasteiger partial charge in [0.1, 0.15) is 11.4 Å². The second kappa shape index (κ2) is 14.6. The molecule has 0 saturated heterocycles. The molecule has 0 bridgehead atoms. The van der Waals surface area contributed by atoms with Crippen LogP contribution in [-0.4, -0.2) is 47.8 Å². The number of aromatic nitrogens is 3. The molecule has 2 aromatic heterocycles. The van der Waals surface area contributed by atoms with Gasteiger partial charge in [-0.1, -0.05) is 46.2 Å². The van der Waals surface area contributed by atoms with E-state index in [-0.39, 0.29) is 11.4 Å². The summed E-state index contributed by atoms with van der Waals surface area (Å²) in [4.78, 5) is 19.7. The first-order valence-corrected chi connectivity index (χ1v) is 16.7. The molecule has 1 amide bonds. The van der Waals surface area contributed by atoms with Crippen molar-refractivity contribution in [2.24, 2.45) is 5.92 Å². The predicted molar refractivity (Wildman–Crippen MR) is 172 cm³/mol. The average molecular weight is 627 g/mol. The highest BCUT2D eigenvalue weighted by atomic mass is 32.2. The van der Waals surface area contributed by atoms with Crippen molar-refractivity contribution in [1.29, 1.82) is 0 Å². The highest BCUT2D eigenvalue weighted by Crippen LogP contribution is 2.27. The number of anilines is 3. The van der Waals surface area contributed by atoms with E-state index < -0.39 is 38.8 Å². The van der Waals surface area contributed by atoms with Crippen LogP contribution in [0, 0.1) is 17.6 Å². The average Bonchev–Trinajstić information content (AvgIpc) is 3.42. The topological polar surface area (TPSA) is 109 Å². The summed E-state index contributed by atoms with van der Waals surface area (Å²) >= 11 is 0. The number of nitrogens with one attached hydrogen (secondary N) is 2. The number of hydrogen-bond acceptors (Lipinski definition) is 6. The number of rotatable bonds is 15. The van der Waals surface area contributed by atoms with Gasteiger partial charge >= 0.3 is 0 Å². The van der Waals surface area contributed by atoms with Crippen LogP contribution in [0.4, 0.5) is 25.8 Å². The minimum Gasteiger partial charge on any atom is -0.372 e. The molecule has 2 aromatic carbocycles. The Bertz CT molecular complexity index is 1710. The van der Waals surface area contributed by atoms with E-state index in [1.54, 1.807) is 6.92 Å². The van der Waals surface area contributed by atoms with Gasteiger partial charge in [0.2, 0.25) is 10.0 Å². The Labute approximate surface area is 257 Å². The van der Waals surface area contributed by atoms with E-state index in [9.17, 15) is 17.6 Å². The summed E-state index contributed by atoms with van der Waals surface area (Å²) in [6.07, 6.45) is 7.69. The molecule has 12 heteroatoms. The van der Waals surface area contributed by atoms with Crippen LogP contribution < -0.4 is 14.9 Å². The highest BCUT2D eigenvalue weighted by molar-refractivity contribution is 7.92. The van der Waals surface area contributed by atoms with E-state index in [0.717, 1.165) is 49.3 Å². The highest BCUT2D eigenvalue weighted by Gasteiger charge is 2.23. The summed E-state index contributed by atoms with van der Waals surface area (Å²) < 4.78 is 57.4. The molecular formula is C32H40F2N6O3S. The Balaban J connectivity index is 1.54. The lowest BCUT2D eigenvalue weighted by atomic mass is 10.0. The Hall–Kier alpha value is -4.06. The molecule has 1 atom stereocenters. The number of carbonyl (C=O) groups excluding carboxylic acids is 1. The van der Waals surface area contributed by atoms with Crippen molar-refractivity contribution in [3.8, 4) is 11.3 Å². The van der Waals surface area contributed by atoms with Crippen molar-refractivity contribution in [1.82, 2.24) is 14.6 Å². The smallest absolute Gasteiger partial charge is 0.261 e. The van der Waals surface area contributed by atoms with Gasteiger partial charge in [-0.25, -0.2) is 26.7 Å². The zero-order chi connectivity index (χ0) is 31.9. The summed E-state index contributed by atoms with van der Waals surface area (Å²) in [6.45, 7) is 10.3. The number of halogens is 2. The molecule has 0 aliphatic rings. The van der Waals surface area contributed by atoms with Gasteiger partial charge in [0.15, 0.2) is 11.5 Å². The van der Waals surface area contributed by atoms with Crippen LogP contribution in [0.3, 0.4) is 0 Å². The second-order valence-electron chi connectivity index (χ2n) is 11.0. The Morgan fingerprint density at radius 1 is 1.07 bits per heavy atom. The maximum absolute atomic E-state index is 15.1. The van der Waals surface area contributed by atoms with Gasteiger partial charge in [-0.15, -0.1) is 0 Å². The molecule has 0 aliphatic carbocycles. The molecule has 2 N–H and O–H groups in total. The van der Waals surface area contributed by atoms with E-state index >= 15 is 4.39 Å². The lowest BCUT2D eigenvalue weighted by Gasteiger charge is -2.25. The van der Waals surface area contributed by atoms with Crippen molar-refractivity contribution in [3.05, 3.63) is 72.1 Å². The minimum atomic E-state index is -3.85. The third-order valence-electron chi connectivity index (χ3n) is 7.45. The molecule has 1 unspecified atom stereocenters. The fraction of sp³-hybridized carbons (Fsp3) is 0.406. The number of fused-ring (bicyclic) bond motifs is 1. The van der Waals surface area contributed by atoms with Gasteiger partial charge in [-0.3, -0.25) is 9.52 Å². The molecule has 0 radical (unpaired) electrons. The molecule has 0 spiro atoms. The van der Waals surface area contributed by atoms with E-state index in [2.05, 4.69) is 57.9 Å². The zero-order valence-corrected chi connectivity index (χ0v) is 26.4. The number of amides is 1. The van der Waals surface area contributed by atoms with Crippen LogP contribution >= 0.6 is 0 Å². The molecule has 0 saturated carbocycles. The van der Waals surface area contributed by atoms with Gasteiger partial charge < -0.3 is 10.2 Å². The van der Waals surface area contributed by atoms with Gasteiger partial charge in [0.05, 0.1) is 35.2 Å². The quantitative estimate of drug-likeness (QED) is 0.145. The van der Waals surface area contributed by atoms with Crippen molar-refractivity contribution < 1.29 is 22.0 Å². The molecular weight excluding hydrogens is 586 g/mol. The standard InChI is InChI=1S/C32H40F2N6O3S/c1-5-15-39(16-9-10-22(4)7-3)25-12-8-11-23(18-25)28-19-29-35-20-24(21-40(29)37-28)36-32(41)30-26(33)13-14-27(31(30)34)38-44(42,43)17-6-2/h8,11-14,18-22,38H,5-7,9-10,15-17H2,1-4H3,(H,36,41). The summed E-state index contributed by atoms with van der Waals surface area (Å²) in [6, 6.07) is 11.8. The van der Waals surface area contributed by atoms with Crippen LogP contribution in [-0.2, 0) is 10.0 Å². The molecule has 4 rings (SSSR count). The number of hydrogen-bond donors (Lipinski definition) is 2. The van der Waals surface area contributed by atoms with Crippen LogP contribution in [0.2, 0.25) is 0 Å². The van der Waals surface area contributed by atoms with Crippen LogP contribution in [0.15, 0.2) is 54.9 Å². The van der Waals surface area contributed by atoms with Crippen molar-refractivity contribution in [2.75, 3.05) is 33.8 Å². The monoisotopic (exact) mass is 626 g/mol. The van der Waals surface area contributed by atoms with Crippen molar-refractivity contribution >= 4 is 38.6 Å². The molecule has 4 aromatic rings. The van der Waals surface area contributed by atoms with Gasteiger partial charge in [-0.05, 0) is 55.9 Å². The maximum Gasteiger partial charge on any atom is 0.261 e. The minimum absolute atomic E-state index is 0.150. The largest absolute Gasteiger partial charge is 0.372 e. The number of nitrogens with zero attached hydrogens (tertiary/aromatic N) is 4.